The minimum Gasteiger partial charge on any atom is -0.358 e. The van der Waals surface area contributed by atoms with Crippen molar-refractivity contribution in [3.63, 3.8) is 0 Å². The molecule has 0 bridgehead atoms. The quantitative estimate of drug-likeness (QED) is 0.424. The maximum absolute atomic E-state index is 12.1. The molecule has 0 spiro atoms. The van der Waals surface area contributed by atoms with Crippen molar-refractivity contribution in [3.05, 3.63) is 96.1 Å². The molecule has 0 unspecified atom stereocenters. The highest BCUT2D eigenvalue weighted by Crippen LogP contribution is 2.38. The third-order valence-electron chi connectivity index (χ3n) is 5.63. The lowest BCUT2D eigenvalue weighted by Gasteiger charge is -2.22. The van der Waals surface area contributed by atoms with Gasteiger partial charge in [-0.3, -0.25) is 4.79 Å². The van der Waals surface area contributed by atoms with Crippen molar-refractivity contribution in [1.82, 2.24) is 15.6 Å². The molecule has 0 aliphatic carbocycles. The Kier molecular flexibility index (Phi) is 5.96. The minimum absolute atomic E-state index is 0.0102. The Morgan fingerprint density at radius 2 is 1.53 bits per heavy atom. The van der Waals surface area contributed by atoms with E-state index < -0.39 is 0 Å². The van der Waals surface area contributed by atoms with Gasteiger partial charge in [0, 0.05) is 30.4 Å². The maximum Gasteiger partial charge on any atom is 0.236 e. The van der Waals surface area contributed by atoms with Crippen molar-refractivity contribution in [2.24, 2.45) is 0 Å². The van der Waals surface area contributed by atoms with Crippen LogP contribution in [0.15, 0.2) is 84.9 Å². The number of carbonyl (C=O) groups excluding carboxylic acids is 1. The van der Waals surface area contributed by atoms with Crippen LogP contribution >= 0.6 is 0 Å². The Morgan fingerprint density at radius 3 is 2.23 bits per heavy atom. The van der Waals surface area contributed by atoms with Gasteiger partial charge in [-0.1, -0.05) is 78.9 Å². The molecule has 4 aromatic rings. The molecule has 152 valence electrons. The highest BCUT2D eigenvalue weighted by molar-refractivity contribution is 5.92. The smallest absolute Gasteiger partial charge is 0.236 e. The molecule has 3 aromatic carbocycles. The molecule has 1 amide bonds. The van der Waals surface area contributed by atoms with E-state index in [1.54, 1.807) is 7.05 Å². The molecule has 4 nitrogen and oxygen atoms in total. The first-order valence-corrected chi connectivity index (χ1v) is 10.3. The largest absolute Gasteiger partial charge is 0.358 e. The van der Waals surface area contributed by atoms with Gasteiger partial charge in [-0.2, -0.15) is 0 Å². The van der Waals surface area contributed by atoms with E-state index in [9.17, 15) is 4.79 Å². The molecule has 0 radical (unpaired) electrons. The first kappa shape index (κ1) is 19.9. The Balaban J connectivity index is 1.85. The van der Waals surface area contributed by atoms with E-state index in [2.05, 4.69) is 88.4 Å². The van der Waals surface area contributed by atoms with E-state index in [0.717, 1.165) is 16.8 Å². The van der Waals surface area contributed by atoms with Crippen LogP contribution in [0.25, 0.3) is 22.2 Å². The molecule has 1 heterocycles. The van der Waals surface area contributed by atoms with Crippen LogP contribution in [-0.2, 0) is 4.79 Å². The van der Waals surface area contributed by atoms with E-state index in [0.29, 0.717) is 6.54 Å². The summed E-state index contributed by atoms with van der Waals surface area (Å²) in [6, 6.07) is 29.1. The van der Waals surface area contributed by atoms with Crippen LogP contribution < -0.4 is 10.6 Å². The zero-order valence-electron chi connectivity index (χ0n) is 17.4. The average Bonchev–Trinajstić information content (AvgIpc) is 3.19. The van der Waals surface area contributed by atoms with Gasteiger partial charge in [0.25, 0.3) is 0 Å². The molecule has 0 aliphatic rings. The van der Waals surface area contributed by atoms with Crippen LogP contribution in [0, 0.1) is 0 Å². The molecule has 2 atom stereocenters. The van der Waals surface area contributed by atoms with Gasteiger partial charge < -0.3 is 15.6 Å². The molecule has 30 heavy (non-hydrogen) atoms. The molecule has 3 N–H and O–H groups in total. The third kappa shape index (κ3) is 4.00. The highest BCUT2D eigenvalue weighted by atomic mass is 16.2. The van der Waals surface area contributed by atoms with E-state index in [4.69, 9.17) is 0 Å². The van der Waals surface area contributed by atoms with Crippen molar-refractivity contribution in [3.8, 4) is 11.3 Å². The number of aromatic amines is 1. The van der Waals surface area contributed by atoms with Crippen LogP contribution in [0.5, 0.6) is 0 Å². The number of amides is 1. The number of aromatic nitrogens is 1. The van der Waals surface area contributed by atoms with E-state index in [1.807, 2.05) is 19.1 Å². The summed E-state index contributed by atoms with van der Waals surface area (Å²) in [5, 5.41) is 7.37. The number of H-pyrrole nitrogens is 1. The highest BCUT2D eigenvalue weighted by Gasteiger charge is 2.24. The van der Waals surface area contributed by atoms with Gasteiger partial charge in [-0.25, -0.2) is 0 Å². The second kappa shape index (κ2) is 8.97. The molecule has 4 rings (SSSR count). The van der Waals surface area contributed by atoms with Crippen LogP contribution in [0.1, 0.15) is 24.0 Å². The molecule has 0 saturated carbocycles. The molecular weight excluding hydrogens is 370 g/mol. The Bertz CT molecular complexity index is 1120. The van der Waals surface area contributed by atoms with Crippen LogP contribution in [0.4, 0.5) is 0 Å². The Morgan fingerprint density at radius 1 is 0.900 bits per heavy atom. The van der Waals surface area contributed by atoms with Gasteiger partial charge in [-0.15, -0.1) is 0 Å². The normalized spacial score (nSPS) is 13.1. The fourth-order valence-corrected chi connectivity index (χ4v) is 4.03. The van der Waals surface area contributed by atoms with Crippen LogP contribution in [-0.4, -0.2) is 30.5 Å². The fraction of sp³-hybridized carbons (Fsp3) is 0.192. The summed E-state index contributed by atoms with van der Waals surface area (Å²) >= 11 is 0. The van der Waals surface area contributed by atoms with Gasteiger partial charge >= 0.3 is 0 Å². The van der Waals surface area contributed by atoms with Gasteiger partial charge in [0.2, 0.25) is 5.91 Å². The molecule has 0 saturated heterocycles. The summed E-state index contributed by atoms with van der Waals surface area (Å²) in [5.41, 5.74) is 5.87. The topological polar surface area (TPSA) is 56.9 Å². The zero-order valence-corrected chi connectivity index (χ0v) is 17.4. The number of nitrogens with one attached hydrogen (secondary N) is 3. The number of hydrogen-bond acceptors (Lipinski definition) is 2. The molecule has 1 aromatic heterocycles. The van der Waals surface area contributed by atoms with Gasteiger partial charge in [-0.05, 0) is 29.7 Å². The van der Waals surface area contributed by atoms with Crippen molar-refractivity contribution < 1.29 is 4.79 Å². The number of rotatable bonds is 7. The van der Waals surface area contributed by atoms with Gasteiger partial charge in [0.15, 0.2) is 0 Å². The van der Waals surface area contributed by atoms with Crippen molar-refractivity contribution in [2.75, 3.05) is 13.6 Å². The molecule has 0 fully saturated rings. The summed E-state index contributed by atoms with van der Waals surface area (Å²) < 4.78 is 0. The molecule has 0 aliphatic heterocycles. The lowest BCUT2D eigenvalue weighted by atomic mass is 9.87. The lowest BCUT2D eigenvalue weighted by molar-refractivity contribution is -0.122. The third-order valence-corrected chi connectivity index (χ3v) is 5.63. The minimum atomic E-state index is -0.272. The summed E-state index contributed by atoms with van der Waals surface area (Å²) in [6.07, 6.45) is 0. The molecular formula is C26H27N3O. The van der Waals surface area contributed by atoms with E-state index >= 15 is 0 Å². The number of likely N-dealkylation sites (N-methyl/N-ethyl adjacent to an activating group) is 1. The number of carbonyl (C=O) groups is 1. The summed E-state index contributed by atoms with van der Waals surface area (Å²) in [5.74, 6) is 0.0775. The predicted molar refractivity (Wildman–Crippen MR) is 124 cm³/mol. The second-order valence-electron chi connectivity index (χ2n) is 7.53. The maximum atomic E-state index is 12.1. The number of benzene rings is 3. The zero-order chi connectivity index (χ0) is 20.9. The monoisotopic (exact) mass is 397 g/mol. The predicted octanol–water partition coefficient (Wildman–Crippen LogP) is 4.69. The average molecular weight is 398 g/mol. The van der Waals surface area contributed by atoms with Crippen LogP contribution in [0.2, 0.25) is 0 Å². The van der Waals surface area contributed by atoms with Crippen LogP contribution in [0.3, 0.4) is 0 Å². The summed E-state index contributed by atoms with van der Waals surface area (Å²) in [4.78, 5) is 15.7. The SMILES string of the molecule is CNC(=O)[C@@H](C)NC[C@@H](c1ccccc1)c1c(-c2ccccc2)[nH]c2ccccc12. The summed E-state index contributed by atoms with van der Waals surface area (Å²) in [7, 11) is 1.67. The van der Waals surface area contributed by atoms with Crippen molar-refractivity contribution >= 4 is 16.8 Å². The number of fused-ring (bicyclic) bond motifs is 1. The number of para-hydroxylation sites is 1. The summed E-state index contributed by atoms with van der Waals surface area (Å²) in [6.45, 7) is 2.55. The molecule has 4 heteroatoms. The standard InChI is InChI=1S/C26H27N3O/c1-18(26(30)27-2)28-17-22(19-11-5-3-6-12-19)24-21-15-9-10-16-23(21)29-25(24)20-13-7-4-8-14-20/h3-16,18,22,28-29H,17H2,1-2H3,(H,27,30)/t18-,22+/m1/s1. The fourth-order valence-electron chi connectivity index (χ4n) is 4.03. The Hall–Kier alpha value is -3.37. The van der Waals surface area contributed by atoms with E-state index in [1.165, 1.54) is 16.5 Å². The first-order chi connectivity index (χ1) is 14.7. The number of hydrogen-bond donors (Lipinski definition) is 3. The van der Waals surface area contributed by atoms with Gasteiger partial charge in [0.1, 0.15) is 0 Å². The van der Waals surface area contributed by atoms with Crippen molar-refractivity contribution in [1.29, 1.82) is 0 Å². The van der Waals surface area contributed by atoms with Gasteiger partial charge in [0.05, 0.1) is 11.7 Å². The lowest BCUT2D eigenvalue weighted by Crippen LogP contribution is -2.42. The first-order valence-electron chi connectivity index (χ1n) is 10.3. The second-order valence-corrected chi connectivity index (χ2v) is 7.53. The Labute approximate surface area is 177 Å². The van der Waals surface area contributed by atoms with E-state index in [-0.39, 0.29) is 17.9 Å². The van der Waals surface area contributed by atoms with Crippen molar-refractivity contribution in [2.45, 2.75) is 18.9 Å².